The van der Waals surface area contributed by atoms with Crippen LogP contribution in [0.4, 0.5) is 0 Å². The topological polar surface area (TPSA) is 60.8 Å². The summed E-state index contributed by atoms with van der Waals surface area (Å²) in [7, 11) is 0. The standard InChI is InChI=1S/C16H21NO3/c18-10-9-17(15-5-2-6-15)12-14-4-1-3-13(11-14)7-8-16(19)20/h1,3-4,7-8,11,15,18H,2,5-6,9-10,12H2,(H,19,20)/b8-7+. The fourth-order valence-electron chi connectivity index (χ4n) is 2.47. The van der Waals surface area contributed by atoms with Crippen molar-refractivity contribution in [2.45, 2.75) is 31.8 Å². The van der Waals surface area contributed by atoms with Crippen LogP contribution in [0, 0.1) is 0 Å². The summed E-state index contributed by atoms with van der Waals surface area (Å²) in [4.78, 5) is 12.8. The van der Waals surface area contributed by atoms with Crippen LogP contribution in [-0.4, -0.2) is 40.3 Å². The van der Waals surface area contributed by atoms with E-state index in [1.54, 1.807) is 6.08 Å². The van der Waals surface area contributed by atoms with Gasteiger partial charge in [-0.2, -0.15) is 0 Å². The van der Waals surface area contributed by atoms with Crippen LogP contribution >= 0.6 is 0 Å². The van der Waals surface area contributed by atoms with Gasteiger partial charge >= 0.3 is 5.97 Å². The molecule has 2 rings (SSSR count). The van der Waals surface area contributed by atoms with Crippen LogP contribution in [0.15, 0.2) is 30.3 Å². The molecule has 0 bridgehead atoms. The number of nitrogens with zero attached hydrogens (tertiary/aromatic N) is 1. The molecule has 4 heteroatoms. The monoisotopic (exact) mass is 275 g/mol. The second kappa shape index (κ2) is 7.22. The zero-order valence-corrected chi connectivity index (χ0v) is 11.5. The molecule has 1 saturated carbocycles. The van der Waals surface area contributed by atoms with E-state index in [9.17, 15) is 4.79 Å². The highest BCUT2D eigenvalue weighted by Gasteiger charge is 2.24. The van der Waals surface area contributed by atoms with Crippen LogP contribution in [0.3, 0.4) is 0 Å². The Morgan fingerprint density at radius 1 is 1.40 bits per heavy atom. The molecule has 108 valence electrons. The number of rotatable bonds is 7. The molecule has 0 radical (unpaired) electrons. The smallest absolute Gasteiger partial charge is 0.328 e. The van der Waals surface area contributed by atoms with Gasteiger partial charge in [0.05, 0.1) is 6.61 Å². The quantitative estimate of drug-likeness (QED) is 0.748. The number of aliphatic hydroxyl groups excluding tert-OH is 1. The van der Waals surface area contributed by atoms with Crippen LogP contribution in [-0.2, 0) is 11.3 Å². The molecule has 0 unspecified atom stereocenters. The summed E-state index contributed by atoms with van der Waals surface area (Å²) in [6, 6.07) is 8.46. The minimum absolute atomic E-state index is 0.176. The van der Waals surface area contributed by atoms with E-state index in [-0.39, 0.29) is 6.61 Å². The van der Waals surface area contributed by atoms with E-state index < -0.39 is 5.97 Å². The van der Waals surface area contributed by atoms with Crippen molar-refractivity contribution >= 4 is 12.0 Å². The fraction of sp³-hybridized carbons (Fsp3) is 0.438. The van der Waals surface area contributed by atoms with Crippen molar-refractivity contribution in [1.29, 1.82) is 0 Å². The lowest BCUT2D eigenvalue weighted by atomic mass is 9.91. The van der Waals surface area contributed by atoms with Gasteiger partial charge in [0.1, 0.15) is 0 Å². The van der Waals surface area contributed by atoms with Gasteiger partial charge in [-0.25, -0.2) is 4.79 Å². The predicted octanol–water partition coefficient (Wildman–Crippen LogP) is 2.13. The zero-order chi connectivity index (χ0) is 14.4. The summed E-state index contributed by atoms with van der Waals surface area (Å²) in [5.74, 6) is -0.938. The van der Waals surface area contributed by atoms with Crippen molar-refractivity contribution in [3.63, 3.8) is 0 Å². The van der Waals surface area contributed by atoms with Gasteiger partial charge in [-0.1, -0.05) is 30.7 Å². The Hall–Kier alpha value is -1.65. The van der Waals surface area contributed by atoms with E-state index in [0.29, 0.717) is 12.6 Å². The summed E-state index contributed by atoms with van der Waals surface area (Å²) in [6.45, 7) is 1.68. The number of carboxylic acids is 1. The summed E-state index contributed by atoms with van der Waals surface area (Å²) in [6.07, 6.45) is 6.44. The Labute approximate surface area is 119 Å². The van der Waals surface area contributed by atoms with Crippen LogP contribution in [0.1, 0.15) is 30.4 Å². The summed E-state index contributed by atoms with van der Waals surface area (Å²) in [5, 5.41) is 17.8. The molecule has 0 saturated heterocycles. The number of aliphatic hydroxyl groups is 1. The van der Waals surface area contributed by atoms with Crippen LogP contribution in [0.2, 0.25) is 0 Å². The van der Waals surface area contributed by atoms with Crippen LogP contribution in [0.5, 0.6) is 0 Å². The van der Waals surface area contributed by atoms with Crippen molar-refractivity contribution in [3.05, 3.63) is 41.5 Å². The minimum atomic E-state index is -0.938. The van der Waals surface area contributed by atoms with E-state index in [1.165, 1.54) is 19.3 Å². The van der Waals surface area contributed by atoms with E-state index in [1.807, 2.05) is 24.3 Å². The summed E-state index contributed by atoms with van der Waals surface area (Å²) < 4.78 is 0. The molecule has 0 spiro atoms. The van der Waals surface area contributed by atoms with Gasteiger partial charge in [0.2, 0.25) is 0 Å². The highest BCUT2D eigenvalue weighted by Crippen LogP contribution is 2.26. The lowest BCUT2D eigenvalue weighted by Crippen LogP contribution is -2.41. The second-order valence-electron chi connectivity index (χ2n) is 5.20. The molecule has 0 aromatic heterocycles. The maximum Gasteiger partial charge on any atom is 0.328 e. The number of carboxylic acid groups (broad SMARTS) is 1. The first kappa shape index (κ1) is 14.8. The van der Waals surface area contributed by atoms with Gasteiger partial charge < -0.3 is 10.2 Å². The number of hydrogen-bond acceptors (Lipinski definition) is 3. The van der Waals surface area contributed by atoms with Gasteiger partial charge in [-0.15, -0.1) is 0 Å². The molecule has 1 aliphatic rings. The Bertz CT molecular complexity index is 480. The molecule has 0 aliphatic heterocycles. The summed E-state index contributed by atoms with van der Waals surface area (Å²) >= 11 is 0. The van der Waals surface area contributed by atoms with Gasteiger partial charge in [0, 0.05) is 25.2 Å². The second-order valence-corrected chi connectivity index (χ2v) is 5.20. The van der Waals surface area contributed by atoms with Crippen molar-refractivity contribution in [1.82, 2.24) is 4.90 Å². The first-order valence-corrected chi connectivity index (χ1v) is 7.04. The lowest BCUT2D eigenvalue weighted by molar-refractivity contribution is -0.131. The van der Waals surface area contributed by atoms with Crippen LogP contribution < -0.4 is 0 Å². The minimum Gasteiger partial charge on any atom is -0.478 e. The SMILES string of the molecule is O=C(O)/C=C/c1cccc(CN(CCO)C2CCC2)c1. The largest absolute Gasteiger partial charge is 0.478 e. The van der Waals surface area contributed by atoms with Gasteiger partial charge in [-0.05, 0) is 30.0 Å². The van der Waals surface area contributed by atoms with Crippen molar-refractivity contribution in [2.75, 3.05) is 13.2 Å². The Morgan fingerprint density at radius 3 is 2.80 bits per heavy atom. The van der Waals surface area contributed by atoms with Gasteiger partial charge in [0.15, 0.2) is 0 Å². The first-order chi connectivity index (χ1) is 9.69. The maximum absolute atomic E-state index is 10.5. The predicted molar refractivity (Wildman–Crippen MR) is 78.2 cm³/mol. The van der Waals surface area contributed by atoms with E-state index in [2.05, 4.69) is 4.90 Å². The highest BCUT2D eigenvalue weighted by atomic mass is 16.4. The van der Waals surface area contributed by atoms with Crippen molar-refractivity contribution in [3.8, 4) is 0 Å². The molecule has 1 aliphatic carbocycles. The molecule has 2 N–H and O–H groups in total. The number of aliphatic carboxylic acids is 1. The normalized spacial score (nSPS) is 15.7. The number of carbonyl (C=O) groups is 1. The molecule has 1 aromatic carbocycles. The molecule has 0 heterocycles. The molecule has 1 aromatic rings. The van der Waals surface area contributed by atoms with E-state index in [4.69, 9.17) is 10.2 Å². The van der Waals surface area contributed by atoms with Crippen molar-refractivity contribution < 1.29 is 15.0 Å². The zero-order valence-electron chi connectivity index (χ0n) is 11.5. The maximum atomic E-state index is 10.5. The average molecular weight is 275 g/mol. The molecule has 4 nitrogen and oxygen atoms in total. The van der Waals surface area contributed by atoms with Gasteiger partial charge in [-0.3, -0.25) is 4.90 Å². The Balaban J connectivity index is 2.03. The van der Waals surface area contributed by atoms with Crippen LogP contribution in [0.25, 0.3) is 6.08 Å². The van der Waals surface area contributed by atoms with Crippen molar-refractivity contribution in [2.24, 2.45) is 0 Å². The molecule has 0 amide bonds. The average Bonchev–Trinajstić information content (AvgIpc) is 2.35. The number of hydrogen-bond donors (Lipinski definition) is 2. The molecular formula is C16H21NO3. The van der Waals surface area contributed by atoms with E-state index >= 15 is 0 Å². The first-order valence-electron chi connectivity index (χ1n) is 7.04. The third-order valence-corrected chi connectivity index (χ3v) is 3.73. The lowest BCUT2D eigenvalue weighted by Gasteiger charge is -2.37. The third kappa shape index (κ3) is 4.18. The number of benzene rings is 1. The highest BCUT2D eigenvalue weighted by molar-refractivity contribution is 5.85. The summed E-state index contributed by atoms with van der Waals surface area (Å²) in [5.41, 5.74) is 2.04. The molecule has 20 heavy (non-hydrogen) atoms. The van der Waals surface area contributed by atoms with E-state index in [0.717, 1.165) is 23.7 Å². The third-order valence-electron chi connectivity index (χ3n) is 3.73. The Morgan fingerprint density at radius 2 is 2.20 bits per heavy atom. The Kier molecular flexibility index (Phi) is 5.32. The molecule has 1 fully saturated rings. The fourth-order valence-corrected chi connectivity index (χ4v) is 2.47. The molecule has 0 atom stereocenters. The van der Waals surface area contributed by atoms with Gasteiger partial charge in [0.25, 0.3) is 0 Å². The molecular weight excluding hydrogens is 254 g/mol.